The van der Waals surface area contributed by atoms with E-state index in [-0.39, 0.29) is 29.9 Å². The number of hydrogen-bond donors (Lipinski definition) is 0. The lowest BCUT2D eigenvalue weighted by Gasteiger charge is -2.36. The molecule has 1 aromatic carbocycles. The molecular formula is C19H21FN6O4S. The van der Waals surface area contributed by atoms with Crippen molar-refractivity contribution < 1.29 is 22.1 Å². The van der Waals surface area contributed by atoms with Crippen LogP contribution in [0, 0.1) is 12.7 Å². The van der Waals surface area contributed by atoms with Gasteiger partial charge in [-0.3, -0.25) is 4.79 Å². The first-order valence-electron chi connectivity index (χ1n) is 9.62. The number of nitrogens with zero attached hydrogens (tertiary/aromatic N) is 6. The Kier molecular flexibility index (Phi) is 5.48. The third kappa shape index (κ3) is 4.43. The van der Waals surface area contributed by atoms with Crippen molar-refractivity contribution in [2.45, 2.75) is 13.8 Å². The molecule has 0 atom stereocenters. The molecular weight excluding hydrogens is 427 g/mol. The molecule has 4 rings (SSSR count). The van der Waals surface area contributed by atoms with E-state index in [0.29, 0.717) is 37.6 Å². The van der Waals surface area contributed by atoms with E-state index >= 15 is 0 Å². The maximum Gasteiger partial charge on any atom is 0.344 e. The maximum absolute atomic E-state index is 13.1. The number of carbonyl (C=O) groups excluding carboxylic acids is 1. The van der Waals surface area contributed by atoms with Crippen molar-refractivity contribution in [1.82, 2.24) is 19.3 Å². The highest BCUT2D eigenvalue weighted by Gasteiger charge is 2.31. The van der Waals surface area contributed by atoms with Gasteiger partial charge in [0, 0.05) is 38.1 Å². The quantitative estimate of drug-likeness (QED) is 0.691. The van der Waals surface area contributed by atoms with E-state index in [1.54, 1.807) is 24.0 Å². The van der Waals surface area contributed by atoms with Crippen molar-refractivity contribution in [1.29, 1.82) is 0 Å². The van der Waals surface area contributed by atoms with Gasteiger partial charge in [0.05, 0.1) is 11.3 Å². The number of halogens is 1. The first-order chi connectivity index (χ1) is 14.7. The lowest BCUT2D eigenvalue weighted by Crippen LogP contribution is -2.51. The molecule has 0 spiro atoms. The molecule has 164 valence electrons. The molecule has 12 heteroatoms. The highest BCUT2D eigenvalue weighted by molar-refractivity contribution is 7.88. The lowest BCUT2D eigenvalue weighted by atomic mass is 10.2. The fraction of sp³-hybridized carbons (Fsp3) is 0.368. The summed E-state index contributed by atoms with van der Waals surface area (Å²) in [6, 6.07) is 6.18. The van der Waals surface area contributed by atoms with Gasteiger partial charge in [0.1, 0.15) is 12.4 Å². The predicted octanol–water partition coefficient (Wildman–Crippen LogP) is 1.23. The van der Waals surface area contributed by atoms with Gasteiger partial charge >= 0.3 is 10.2 Å². The Bertz CT molecular complexity index is 1150. The van der Waals surface area contributed by atoms with E-state index in [0.717, 1.165) is 9.99 Å². The second kappa shape index (κ2) is 8.10. The monoisotopic (exact) mass is 448 g/mol. The van der Waals surface area contributed by atoms with E-state index in [4.69, 9.17) is 4.52 Å². The molecule has 0 bridgehead atoms. The Morgan fingerprint density at radius 3 is 2.42 bits per heavy atom. The van der Waals surface area contributed by atoms with Crippen molar-refractivity contribution in [3.8, 4) is 0 Å². The molecule has 2 aromatic rings. The number of carbonyl (C=O) groups is 1. The van der Waals surface area contributed by atoms with Gasteiger partial charge in [0.15, 0.2) is 5.82 Å². The average Bonchev–Trinajstić information content (AvgIpc) is 3.16. The second-order valence-corrected chi connectivity index (χ2v) is 8.78. The number of allylic oxidation sites excluding steroid dienone is 1. The summed E-state index contributed by atoms with van der Waals surface area (Å²) in [6.45, 7) is 4.75. The second-order valence-electron chi connectivity index (χ2n) is 7.23. The van der Waals surface area contributed by atoms with Gasteiger partial charge < -0.3 is 14.3 Å². The van der Waals surface area contributed by atoms with Gasteiger partial charge in [-0.15, -0.1) is 4.40 Å². The van der Waals surface area contributed by atoms with Gasteiger partial charge in [-0.2, -0.15) is 13.4 Å². The van der Waals surface area contributed by atoms with Crippen LogP contribution in [0.25, 0.3) is 5.57 Å². The Balaban J connectivity index is 1.44. The predicted molar refractivity (Wildman–Crippen MR) is 111 cm³/mol. The summed E-state index contributed by atoms with van der Waals surface area (Å²) in [5.41, 5.74) is 1.43. The zero-order valence-electron chi connectivity index (χ0n) is 17.0. The summed E-state index contributed by atoms with van der Waals surface area (Å²) >= 11 is 0. The normalized spacial score (nSPS) is 18.6. The van der Waals surface area contributed by atoms with Crippen LogP contribution < -0.4 is 4.90 Å². The van der Waals surface area contributed by atoms with Crippen LogP contribution in [0.5, 0.6) is 0 Å². The molecule has 2 aliphatic rings. The Morgan fingerprint density at radius 2 is 1.81 bits per heavy atom. The van der Waals surface area contributed by atoms with Crippen LogP contribution in [-0.4, -0.2) is 72.1 Å². The molecule has 0 aliphatic carbocycles. The highest BCUT2D eigenvalue weighted by atomic mass is 32.2. The lowest BCUT2D eigenvalue weighted by molar-refractivity contribution is -0.131. The van der Waals surface area contributed by atoms with Crippen LogP contribution >= 0.6 is 0 Å². The number of benzene rings is 1. The van der Waals surface area contributed by atoms with E-state index in [9.17, 15) is 17.6 Å². The standard InChI is InChI=1S/C19H21FN6O4S/c1-13-17(19-21-14(2)22-30-19)11-26(31(28,29)23-13)12-18(27)25-9-7-24(8-10-25)16-5-3-15(20)4-6-16/h3-6,11H,7-10,12H2,1-2H3. The van der Waals surface area contributed by atoms with Crippen LogP contribution in [0.4, 0.5) is 10.1 Å². The minimum absolute atomic E-state index is 0.138. The smallest absolute Gasteiger partial charge is 0.344 e. The largest absolute Gasteiger partial charge is 0.368 e. The molecule has 3 heterocycles. The Labute approximate surface area is 178 Å². The zero-order chi connectivity index (χ0) is 22.2. The minimum Gasteiger partial charge on any atom is -0.368 e. The Morgan fingerprint density at radius 1 is 1.13 bits per heavy atom. The molecule has 31 heavy (non-hydrogen) atoms. The fourth-order valence-electron chi connectivity index (χ4n) is 3.42. The first-order valence-corrected chi connectivity index (χ1v) is 11.0. The molecule has 0 radical (unpaired) electrons. The maximum atomic E-state index is 13.1. The van der Waals surface area contributed by atoms with Gasteiger partial charge in [-0.25, -0.2) is 8.70 Å². The van der Waals surface area contributed by atoms with Crippen molar-refractivity contribution >= 4 is 33.1 Å². The van der Waals surface area contributed by atoms with E-state index < -0.39 is 10.2 Å². The first kappa shape index (κ1) is 21.0. The number of piperazine rings is 1. The topological polar surface area (TPSA) is 112 Å². The molecule has 1 fully saturated rings. The molecule has 1 saturated heterocycles. The molecule has 0 saturated carbocycles. The van der Waals surface area contributed by atoms with Crippen LogP contribution in [0.2, 0.25) is 0 Å². The van der Waals surface area contributed by atoms with Gasteiger partial charge in [-0.1, -0.05) is 5.16 Å². The molecule has 0 N–H and O–H groups in total. The van der Waals surface area contributed by atoms with Crippen LogP contribution in [-0.2, 0) is 15.0 Å². The van der Waals surface area contributed by atoms with Gasteiger partial charge in [0.25, 0.3) is 5.89 Å². The summed E-state index contributed by atoms with van der Waals surface area (Å²) < 4.78 is 47.8. The van der Waals surface area contributed by atoms with Gasteiger partial charge in [0.2, 0.25) is 5.91 Å². The highest BCUT2D eigenvalue weighted by Crippen LogP contribution is 2.24. The van der Waals surface area contributed by atoms with Crippen molar-refractivity contribution in [3.05, 3.63) is 48.0 Å². The summed E-state index contributed by atoms with van der Waals surface area (Å²) in [6.07, 6.45) is 1.30. The summed E-state index contributed by atoms with van der Waals surface area (Å²) in [5, 5.41) is 3.71. The molecule has 1 aromatic heterocycles. The number of rotatable bonds is 4. The van der Waals surface area contributed by atoms with E-state index in [1.807, 2.05) is 4.90 Å². The minimum atomic E-state index is -4.04. The average molecular weight is 448 g/mol. The zero-order valence-corrected chi connectivity index (χ0v) is 17.8. The van der Waals surface area contributed by atoms with Gasteiger partial charge in [-0.05, 0) is 38.1 Å². The number of amides is 1. The number of aryl methyl sites for hydroxylation is 1. The number of hydrogen-bond acceptors (Lipinski definition) is 7. The van der Waals surface area contributed by atoms with Crippen LogP contribution in [0.15, 0.2) is 39.4 Å². The summed E-state index contributed by atoms with van der Waals surface area (Å²) in [7, 11) is -4.04. The third-order valence-electron chi connectivity index (χ3n) is 5.08. The summed E-state index contributed by atoms with van der Waals surface area (Å²) in [5.74, 6) is -0.103. The van der Waals surface area contributed by atoms with Crippen LogP contribution in [0.3, 0.4) is 0 Å². The van der Waals surface area contributed by atoms with E-state index in [1.165, 1.54) is 25.3 Å². The van der Waals surface area contributed by atoms with Crippen molar-refractivity contribution in [3.63, 3.8) is 0 Å². The van der Waals surface area contributed by atoms with E-state index in [2.05, 4.69) is 14.5 Å². The molecule has 10 nitrogen and oxygen atoms in total. The fourth-order valence-corrected chi connectivity index (χ4v) is 4.48. The summed E-state index contributed by atoms with van der Waals surface area (Å²) in [4.78, 5) is 20.5. The number of anilines is 1. The molecule has 0 unspecified atom stereocenters. The number of aromatic nitrogens is 2. The molecule has 2 aliphatic heterocycles. The Hall–Kier alpha value is -3.28. The van der Waals surface area contributed by atoms with Crippen LogP contribution in [0.1, 0.15) is 18.6 Å². The van der Waals surface area contributed by atoms with Crippen molar-refractivity contribution in [2.75, 3.05) is 37.6 Å². The SMILES string of the molecule is CC1=NS(=O)(=O)N(CC(=O)N2CCN(c3ccc(F)cc3)CC2)C=C1c1nc(C)no1. The van der Waals surface area contributed by atoms with Crippen molar-refractivity contribution in [2.24, 2.45) is 4.40 Å². The molecule has 1 amide bonds. The third-order valence-corrected chi connectivity index (χ3v) is 6.42.